The number of rotatable bonds is 8. The lowest BCUT2D eigenvalue weighted by atomic mass is 10.0. The lowest BCUT2D eigenvalue weighted by Crippen LogP contribution is -2.26. The molecule has 2 aliphatic heterocycles. The van der Waals surface area contributed by atoms with Crippen molar-refractivity contribution in [3.63, 3.8) is 0 Å². The summed E-state index contributed by atoms with van der Waals surface area (Å²) in [6, 6.07) is 10.5. The summed E-state index contributed by atoms with van der Waals surface area (Å²) in [5.41, 5.74) is 4.34. The Bertz CT molecular complexity index is 1060. The topological polar surface area (TPSA) is 79.5 Å². The number of aliphatic hydroxyl groups is 1. The standard InChI is InChI=1S/C25H32N6O2/c1-33-20-8-6-19(7-9-20)18-30-14-4-5-23(30)24-21(17-27-31(24)15-16-32)22-10-11-26-25(28-22)29-12-2-3-13-29/h6-11,17,23,32H,2-5,12-16,18H2,1H3/t23-/m0/s1. The largest absolute Gasteiger partial charge is 0.497 e. The average molecular weight is 449 g/mol. The number of hydrogen-bond donors (Lipinski definition) is 1. The SMILES string of the molecule is COc1ccc(CN2CCC[C@H]2c2c(-c3ccnc(N4CCCC4)n3)cnn2CCO)cc1. The zero-order valence-electron chi connectivity index (χ0n) is 19.2. The highest BCUT2D eigenvalue weighted by Crippen LogP contribution is 2.38. The second-order valence-corrected chi connectivity index (χ2v) is 8.80. The zero-order chi connectivity index (χ0) is 22.6. The van der Waals surface area contributed by atoms with Crippen LogP contribution in [-0.2, 0) is 13.1 Å². The molecule has 8 heteroatoms. The first-order valence-electron chi connectivity index (χ1n) is 11.9. The van der Waals surface area contributed by atoms with Gasteiger partial charge >= 0.3 is 0 Å². The molecule has 0 amide bonds. The van der Waals surface area contributed by atoms with Gasteiger partial charge in [0, 0.05) is 31.4 Å². The van der Waals surface area contributed by atoms with E-state index in [1.54, 1.807) is 7.11 Å². The van der Waals surface area contributed by atoms with Crippen LogP contribution in [-0.4, -0.2) is 63.1 Å². The Morgan fingerprint density at radius 1 is 1.06 bits per heavy atom. The van der Waals surface area contributed by atoms with Crippen LogP contribution in [0.25, 0.3) is 11.3 Å². The van der Waals surface area contributed by atoms with Crippen molar-refractivity contribution in [3.05, 3.63) is 54.0 Å². The second-order valence-electron chi connectivity index (χ2n) is 8.80. The predicted octanol–water partition coefficient (Wildman–Crippen LogP) is 3.28. The molecule has 33 heavy (non-hydrogen) atoms. The Morgan fingerprint density at radius 2 is 1.88 bits per heavy atom. The maximum atomic E-state index is 9.69. The first-order valence-corrected chi connectivity index (χ1v) is 11.9. The van der Waals surface area contributed by atoms with E-state index >= 15 is 0 Å². The van der Waals surface area contributed by atoms with Crippen LogP contribution in [0.4, 0.5) is 5.95 Å². The number of hydrogen-bond acceptors (Lipinski definition) is 7. The molecule has 4 heterocycles. The molecule has 0 saturated carbocycles. The lowest BCUT2D eigenvalue weighted by Gasteiger charge is -2.26. The van der Waals surface area contributed by atoms with Gasteiger partial charge < -0.3 is 14.7 Å². The molecule has 0 aliphatic carbocycles. The number of nitrogens with zero attached hydrogens (tertiary/aromatic N) is 6. The third-order valence-corrected chi connectivity index (χ3v) is 6.72. The van der Waals surface area contributed by atoms with Crippen LogP contribution in [0.3, 0.4) is 0 Å². The Labute approximate surface area is 194 Å². The monoisotopic (exact) mass is 448 g/mol. The minimum atomic E-state index is 0.0577. The second kappa shape index (κ2) is 9.89. The van der Waals surface area contributed by atoms with Gasteiger partial charge in [0.15, 0.2) is 0 Å². The third-order valence-electron chi connectivity index (χ3n) is 6.72. The van der Waals surface area contributed by atoms with Crippen molar-refractivity contribution in [1.29, 1.82) is 0 Å². The van der Waals surface area contributed by atoms with Crippen LogP contribution in [0, 0.1) is 0 Å². The number of ether oxygens (including phenoxy) is 1. The lowest BCUT2D eigenvalue weighted by molar-refractivity contribution is 0.226. The van der Waals surface area contributed by atoms with Gasteiger partial charge in [-0.05, 0) is 56.0 Å². The Hall–Kier alpha value is -2.97. The number of aliphatic hydroxyl groups excluding tert-OH is 1. The average Bonchev–Trinajstić information content (AvgIpc) is 3.61. The van der Waals surface area contributed by atoms with Crippen molar-refractivity contribution >= 4 is 5.95 Å². The number of anilines is 1. The molecule has 2 fully saturated rings. The zero-order valence-corrected chi connectivity index (χ0v) is 19.2. The van der Waals surface area contributed by atoms with Crippen molar-refractivity contribution in [3.8, 4) is 17.0 Å². The molecule has 0 unspecified atom stereocenters. The van der Waals surface area contributed by atoms with E-state index < -0.39 is 0 Å². The van der Waals surface area contributed by atoms with Gasteiger partial charge in [-0.15, -0.1) is 0 Å². The van der Waals surface area contributed by atoms with Gasteiger partial charge in [0.2, 0.25) is 5.95 Å². The quantitative estimate of drug-likeness (QED) is 0.566. The molecule has 2 aromatic heterocycles. The number of likely N-dealkylation sites (tertiary alicyclic amines) is 1. The smallest absolute Gasteiger partial charge is 0.225 e. The maximum absolute atomic E-state index is 9.69. The van der Waals surface area contributed by atoms with E-state index in [1.165, 1.54) is 18.4 Å². The predicted molar refractivity (Wildman–Crippen MR) is 127 cm³/mol. The normalized spacial score (nSPS) is 18.8. The molecule has 5 rings (SSSR count). The molecule has 0 spiro atoms. The minimum absolute atomic E-state index is 0.0577. The first-order chi connectivity index (χ1) is 16.3. The van der Waals surface area contributed by atoms with Crippen molar-refractivity contribution in [2.24, 2.45) is 0 Å². The van der Waals surface area contributed by atoms with E-state index in [4.69, 9.17) is 9.72 Å². The summed E-state index contributed by atoms with van der Waals surface area (Å²) in [4.78, 5) is 14.2. The van der Waals surface area contributed by atoms with E-state index in [9.17, 15) is 5.11 Å². The summed E-state index contributed by atoms with van der Waals surface area (Å²) in [6.07, 6.45) is 8.33. The van der Waals surface area contributed by atoms with Gasteiger partial charge in [0.05, 0.1) is 43.9 Å². The summed E-state index contributed by atoms with van der Waals surface area (Å²) in [5, 5.41) is 14.3. The summed E-state index contributed by atoms with van der Waals surface area (Å²) in [7, 11) is 1.69. The Balaban J connectivity index is 1.46. The molecule has 2 saturated heterocycles. The highest BCUT2D eigenvalue weighted by Gasteiger charge is 2.32. The molecule has 2 aliphatic rings. The maximum Gasteiger partial charge on any atom is 0.225 e. The fourth-order valence-corrected chi connectivity index (χ4v) is 5.07. The molecule has 1 aromatic carbocycles. The van der Waals surface area contributed by atoms with Crippen LogP contribution in [0.15, 0.2) is 42.7 Å². The molecule has 3 aromatic rings. The van der Waals surface area contributed by atoms with Crippen molar-refractivity contribution < 1.29 is 9.84 Å². The van der Waals surface area contributed by atoms with E-state index in [1.807, 2.05) is 35.3 Å². The summed E-state index contributed by atoms with van der Waals surface area (Å²) in [5.74, 6) is 1.67. The van der Waals surface area contributed by atoms with Crippen LogP contribution < -0.4 is 9.64 Å². The molecule has 8 nitrogen and oxygen atoms in total. The summed E-state index contributed by atoms with van der Waals surface area (Å²) in [6.45, 7) is 4.45. The summed E-state index contributed by atoms with van der Waals surface area (Å²) >= 11 is 0. The van der Waals surface area contributed by atoms with E-state index in [-0.39, 0.29) is 12.6 Å². The Morgan fingerprint density at radius 3 is 2.64 bits per heavy atom. The van der Waals surface area contributed by atoms with Gasteiger partial charge in [-0.1, -0.05) is 12.1 Å². The van der Waals surface area contributed by atoms with Crippen molar-refractivity contribution in [2.45, 2.75) is 44.8 Å². The van der Waals surface area contributed by atoms with Crippen molar-refractivity contribution in [2.75, 3.05) is 38.3 Å². The first kappa shape index (κ1) is 21.9. The fourth-order valence-electron chi connectivity index (χ4n) is 5.07. The number of methoxy groups -OCH3 is 1. The highest BCUT2D eigenvalue weighted by atomic mass is 16.5. The fraction of sp³-hybridized carbons (Fsp3) is 0.480. The van der Waals surface area contributed by atoms with Gasteiger partial charge in [-0.3, -0.25) is 9.58 Å². The number of benzene rings is 1. The van der Waals surface area contributed by atoms with Crippen LogP contribution >= 0.6 is 0 Å². The molecule has 1 N–H and O–H groups in total. The van der Waals surface area contributed by atoms with Crippen LogP contribution in [0.1, 0.15) is 43.0 Å². The molecular formula is C25H32N6O2. The molecular weight excluding hydrogens is 416 g/mol. The number of aromatic nitrogens is 4. The van der Waals surface area contributed by atoms with E-state index in [0.717, 1.165) is 67.7 Å². The summed E-state index contributed by atoms with van der Waals surface area (Å²) < 4.78 is 7.27. The molecule has 0 bridgehead atoms. The molecule has 1 atom stereocenters. The van der Waals surface area contributed by atoms with Gasteiger partial charge in [0.1, 0.15) is 5.75 Å². The molecule has 0 radical (unpaired) electrons. The van der Waals surface area contributed by atoms with Gasteiger partial charge in [-0.2, -0.15) is 5.10 Å². The van der Waals surface area contributed by atoms with Gasteiger partial charge in [0.25, 0.3) is 0 Å². The Kier molecular flexibility index (Phi) is 6.55. The minimum Gasteiger partial charge on any atom is -0.497 e. The van der Waals surface area contributed by atoms with Gasteiger partial charge in [-0.25, -0.2) is 9.97 Å². The van der Waals surface area contributed by atoms with E-state index in [0.29, 0.717) is 6.54 Å². The molecule has 174 valence electrons. The third kappa shape index (κ3) is 4.58. The highest BCUT2D eigenvalue weighted by molar-refractivity contribution is 5.63. The van der Waals surface area contributed by atoms with E-state index in [2.05, 4.69) is 32.0 Å². The van der Waals surface area contributed by atoms with Crippen LogP contribution in [0.5, 0.6) is 5.75 Å². The van der Waals surface area contributed by atoms with Crippen LogP contribution in [0.2, 0.25) is 0 Å². The van der Waals surface area contributed by atoms with Crippen molar-refractivity contribution in [1.82, 2.24) is 24.6 Å².